The standard InChI is InChI=1S/C30H36N3O3/c1-33(2,17-14-23-10-11-24-8-4-5-9-25(24)18-23)21-28(34)22-36-29-13-12-26(19-27(29)20-31)30(35)32-15-6-3-7-16-32/h4-5,8-13,18-19,28,34H,3,6-7,14-17,21-22H2,1-2H3/q+1/t28-/m1/s1. The highest BCUT2D eigenvalue weighted by molar-refractivity contribution is 5.95. The Labute approximate surface area is 213 Å². The fourth-order valence-corrected chi connectivity index (χ4v) is 4.88. The van der Waals surface area contributed by atoms with Crippen molar-refractivity contribution in [1.82, 2.24) is 4.90 Å². The fraction of sp³-hybridized carbons (Fsp3) is 0.400. The first-order chi connectivity index (χ1) is 17.3. The summed E-state index contributed by atoms with van der Waals surface area (Å²) in [7, 11) is 4.21. The lowest BCUT2D eigenvalue weighted by Gasteiger charge is -2.32. The Hall–Kier alpha value is -3.40. The first-order valence-electron chi connectivity index (χ1n) is 12.8. The third-order valence-electron chi connectivity index (χ3n) is 6.95. The number of amides is 1. The third kappa shape index (κ3) is 6.63. The predicted octanol–water partition coefficient (Wildman–Crippen LogP) is 4.40. The zero-order valence-electron chi connectivity index (χ0n) is 21.3. The number of aliphatic hydroxyl groups is 1. The van der Waals surface area contributed by atoms with Crippen LogP contribution in [0.25, 0.3) is 10.8 Å². The van der Waals surface area contributed by atoms with Crippen LogP contribution in [0.1, 0.15) is 40.7 Å². The van der Waals surface area contributed by atoms with Crippen molar-refractivity contribution in [2.45, 2.75) is 31.8 Å². The molecule has 3 aromatic rings. The Morgan fingerprint density at radius 2 is 1.81 bits per heavy atom. The van der Waals surface area contributed by atoms with Crippen molar-refractivity contribution < 1.29 is 19.1 Å². The molecule has 0 bridgehead atoms. The normalized spacial score (nSPS) is 14.9. The van der Waals surface area contributed by atoms with Gasteiger partial charge in [0, 0.05) is 25.1 Å². The lowest BCUT2D eigenvalue weighted by Crippen LogP contribution is -2.48. The molecule has 1 aliphatic rings. The number of carbonyl (C=O) groups is 1. The van der Waals surface area contributed by atoms with Gasteiger partial charge >= 0.3 is 0 Å². The Morgan fingerprint density at radius 3 is 2.56 bits per heavy atom. The molecule has 6 heteroatoms. The lowest BCUT2D eigenvalue weighted by molar-refractivity contribution is -0.893. The van der Waals surface area contributed by atoms with Crippen LogP contribution in [0.5, 0.6) is 5.75 Å². The molecule has 188 valence electrons. The van der Waals surface area contributed by atoms with Crippen LogP contribution in [0.3, 0.4) is 0 Å². The monoisotopic (exact) mass is 486 g/mol. The summed E-state index contributed by atoms with van der Waals surface area (Å²) in [5, 5.41) is 22.8. The summed E-state index contributed by atoms with van der Waals surface area (Å²) in [6, 6.07) is 22.0. The predicted molar refractivity (Wildman–Crippen MR) is 142 cm³/mol. The van der Waals surface area contributed by atoms with Crippen molar-refractivity contribution in [3.05, 3.63) is 77.4 Å². The highest BCUT2D eigenvalue weighted by atomic mass is 16.5. The van der Waals surface area contributed by atoms with E-state index in [1.165, 1.54) is 16.3 Å². The molecule has 0 aromatic heterocycles. The first kappa shape index (κ1) is 25.7. The number of ether oxygens (including phenoxy) is 1. The van der Waals surface area contributed by atoms with Crippen LogP contribution in [0, 0.1) is 11.3 Å². The number of hydrogen-bond acceptors (Lipinski definition) is 4. The van der Waals surface area contributed by atoms with E-state index < -0.39 is 6.10 Å². The van der Waals surface area contributed by atoms with Crippen molar-refractivity contribution in [2.75, 3.05) is 46.9 Å². The van der Waals surface area contributed by atoms with Gasteiger partial charge in [0.25, 0.3) is 5.91 Å². The van der Waals surface area contributed by atoms with Gasteiger partial charge in [-0.05, 0) is 53.8 Å². The summed E-state index contributed by atoms with van der Waals surface area (Å²) in [6.45, 7) is 3.03. The molecule has 1 saturated heterocycles. The van der Waals surface area contributed by atoms with Crippen molar-refractivity contribution in [1.29, 1.82) is 5.26 Å². The Balaban J connectivity index is 1.30. The molecule has 1 aliphatic heterocycles. The van der Waals surface area contributed by atoms with Crippen LogP contribution in [-0.4, -0.2) is 73.4 Å². The van der Waals surface area contributed by atoms with E-state index in [1.807, 2.05) is 4.90 Å². The molecule has 1 heterocycles. The maximum Gasteiger partial charge on any atom is 0.253 e. The molecule has 0 saturated carbocycles. The zero-order valence-corrected chi connectivity index (χ0v) is 21.3. The van der Waals surface area contributed by atoms with Crippen molar-refractivity contribution in [3.8, 4) is 11.8 Å². The summed E-state index contributed by atoms with van der Waals surface area (Å²) < 4.78 is 6.46. The first-order valence-corrected chi connectivity index (χ1v) is 12.8. The molecule has 4 rings (SSSR count). The van der Waals surface area contributed by atoms with E-state index in [4.69, 9.17) is 4.74 Å². The second kappa shape index (κ2) is 11.6. The molecule has 6 nitrogen and oxygen atoms in total. The number of aliphatic hydroxyl groups excluding tert-OH is 1. The van der Waals surface area contributed by atoms with Gasteiger partial charge in [0.1, 0.15) is 31.1 Å². The van der Waals surface area contributed by atoms with Crippen molar-refractivity contribution in [3.63, 3.8) is 0 Å². The van der Waals surface area contributed by atoms with Crippen LogP contribution in [0.2, 0.25) is 0 Å². The smallest absolute Gasteiger partial charge is 0.253 e. The van der Waals surface area contributed by atoms with E-state index in [9.17, 15) is 15.2 Å². The van der Waals surface area contributed by atoms with E-state index in [2.05, 4.69) is 62.6 Å². The number of likely N-dealkylation sites (tertiary alicyclic amines) is 1. The molecule has 36 heavy (non-hydrogen) atoms. The number of hydrogen-bond donors (Lipinski definition) is 1. The minimum atomic E-state index is -0.683. The summed E-state index contributed by atoms with van der Waals surface area (Å²) in [6.07, 6.45) is 3.43. The number of carbonyl (C=O) groups excluding carboxylic acids is 1. The van der Waals surface area contributed by atoms with Crippen LogP contribution in [0.15, 0.2) is 60.7 Å². The molecular weight excluding hydrogens is 450 g/mol. The highest BCUT2D eigenvalue weighted by Gasteiger charge is 2.23. The topological polar surface area (TPSA) is 73.6 Å². The van der Waals surface area contributed by atoms with Crippen LogP contribution < -0.4 is 4.74 Å². The van der Waals surface area contributed by atoms with E-state index in [-0.39, 0.29) is 12.5 Å². The van der Waals surface area contributed by atoms with Gasteiger partial charge in [-0.2, -0.15) is 5.26 Å². The number of likely N-dealkylation sites (N-methyl/N-ethyl adjacent to an activating group) is 1. The quantitative estimate of drug-likeness (QED) is 0.455. The molecule has 0 radical (unpaired) electrons. The molecule has 0 spiro atoms. The SMILES string of the molecule is C[N+](C)(CCc1ccc2ccccc2c1)C[C@@H](O)COc1ccc(C(=O)N2CCCCC2)cc1C#N. The molecule has 1 amide bonds. The van der Waals surface area contributed by atoms with Crippen molar-refractivity contribution >= 4 is 16.7 Å². The van der Waals surface area contributed by atoms with E-state index in [1.54, 1.807) is 18.2 Å². The van der Waals surface area contributed by atoms with Gasteiger partial charge in [0.15, 0.2) is 0 Å². The maximum absolute atomic E-state index is 12.8. The number of fused-ring (bicyclic) bond motifs is 1. The van der Waals surface area contributed by atoms with Gasteiger partial charge in [0.05, 0.1) is 26.2 Å². The second-order valence-electron chi connectivity index (χ2n) is 10.4. The van der Waals surface area contributed by atoms with Crippen LogP contribution in [0.4, 0.5) is 0 Å². The number of piperidine rings is 1. The number of nitriles is 1. The second-order valence-corrected chi connectivity index (χ2v) is 10.4. The van der Waals surface area contributed by atoms with E-state index in [0.717, 1.165) is 45.3 Å². The summed E-state index contributed by atoms with van der Waals surface area (Å²) in [4.78, 5) is 14.6. The number of rotatable bonds is 9. The van der Waals surface area contributed by atoms with Gasteiger partial charge in [0.2, 0.25) is 0 Å². The number of nitrogens with zero attached hydrogens (tertiary/aromatic N) is 3. The van der Waals surface area contributed by atoms with E-state index >= 15 is 0 Å². The minimum Gasteiger partial charge on any atom is -0.489 e. The van der Waals surface area contributed by atoms with Gasteiger partial charge in [-0.15, -0.1) is 0 Å². The Morgan fingerprint density at radius 1 is 1.06 bits per heavy atom. The number of benzene rings is 3. The Kier molecular flexibility index (Phi) is 8.25. The molecule has 1 fully saturated rings. The fourth-order valence-electron chi connectivity index (χ4n) is 4.88. The molecule has 1 atom stereocenters. The minimum absolute atomic E-state index is 0.0387. The van der Waals surface area contributed by atoms with Crippen LogP contribution >= 0.6 is 0 Å². The van der Waals surface area contributed by atoms with Gasteiger partial charge in [-0.25, -0.2) is 0 Å². The Bertz CT molecular complexity index is 1240. The summed E-state index contributed by atoms with van der Waals surface area (Å²) in [5.74, 6) is 0.358. The molecular formula is C30H36N3O3+. The van der Waals surface area contributed by atoms with Gasteiger partial charge < -0.3 is 19.2 Å². The molecule has 0 unspecified atom stereocenters. The van der Waals surface area contributed by atoms with Crippen LogP contribution in [-0.2, 0) is 6.42 Å². The lowest BCUT2D eigenvalue weighted by atomic mass is 10.0. The largest absolute Gasteiger partial charge is 0.489 e. The maximum atomic E-state index is 12.8. The summed E-state index contributed by atoms with van der Waals surface area (Å²) >= 11 is 0. The average molecular weight is 487 g/mol. The van der Waals surface area contributed by atoms with E-state index in [0.29, 0.717) is 27.9 Å². The van der Waals surface area contributed by atoms with Crippen molar-refractivity contribution in [2.24, 2.45) is 0 Å². The number of quaternary nitrogens is 1. The molecule has 0 aliphatic carbocycles. The molecule has 3 aromatic carbocycles. The third-order valence-corrected chi connectivity index (χ3v) is 6.95. The molecule has 1 N–H and O–H groups in total. The average Bonchev–Trinajstić information content (AvgIpc) is 2.90. The zero-order chi connectivity index (χ0) is 25.5. The summed E-state index contributed by atoms with van der Waals surface area (Å²) in [5.41, 5.74) is 2.10. The van der Waals surface area contributed by atoms with Gasteiger partial charge in [-0.1, -0.05) is 42.5 Å². The van der Waals surface area contributed by atoms with Gasteiger partial charge in [-0.3, -0.25) is 4.79 Å². The highest BCUT2D eigenvalue weighted by Crippen LogP contribution is 2.22.